The summed E-state index contributed by atoms with van der Waals surface area (Å²) in [5, 5.41) is 4.18. The summed E-state index contributed by atoms with van der Waals surface area (Å²) in [6.45, 7) is 12.6. The second-order valence-electron chi connectivity index (χ2n) is 8.37. The Morgan fingerprint density at radius 1 is 1.12 bits per heavy atom. The zero-order valence-electron chi connectivity index (χ0n) is 16.7. The van der Waals surface area contributed by atoms with Crippen molar-refractivity contribution in [3.63, 3.8) is 0 Å². The summed E-state index contributed by atoms with van der Waals surface area (Å²) in [5.74, 6) is 0.529. The van der Waals surface area contributed by atoms with Crippen LogP contribution < -0.4 is 0 Å². The van der Waals surface area contributed by atoms with Crippen LogP contribution in [0.25, 0.3) is 10.9 Å². The van der Waals surface area contributed by atoms with Crippen LogP contribution in [0.5, 0.6) is 0 Å². The highest BCUT2D eigenvalue weighted by Crippen LogP contribution is 2.48. The van der Waals surface area contributed by atoms with E-state index in [9.17, 15) is 0 Å². The predicted molar refractivity (Wildman–Crippen MR) is 118 cm³/mol. The summed E-state index contributed by atoms with van der Waals surface area (Å²) in [7, 11) is 2.30. The van der Waals surface area contributed by atoms with Crippen LogP contribution in [0.15, 0.2) is 34.9 Å². The van der Waals surface area contributed by atoms with Gasteiger partial charge in [0.2, 0.25) is 0 Å². The van der Waals surface area contributed by atoms with E-state index in [0.717, 1.165) is 6.54 Å². The van der Waals surface area contributed by atoms with Gasteiger partial charge in [-0.3, -0.25) is 8.87 Å². The van der Waals surface area contributed by atoms with Crippen LogP contribution in [0.4, 0.5) is 0 Å². The number of rotatable bonds is 4. The van der Waals surface area contributed by atoms with E-state index >= 15 is 0 Å². The minimum atomic E-state index is 0.529. The Hall–Kier alpha value is -0.840. The molecule has 140 valence electrons. The van der Waals surface area contributed by atoms with E-state index < -0.39 is 0 Å². The summed E-state index contributed by atoms with van der Waals surface area (Å²) in [6.07, 6.45) is 3.70. The molecule has 2 aliphatic rings. The number of thioether (sulfide) groups is 1. The van der Waals surface area contributed by atoms with Gasteiger partial charge in [-0.15, -0.1) is 11.8 Å². The second kappa shape index (κ2) is 6.96. The standard InChI is InChI=1S/C22H30N2S2/c1-13(2)25-22-18-11-20-17(10-15(5)12-23(20)6)16-8-7-9-19(21(16)18)24(22)26-14(3)4/h7-10,13-14,17,20H,11-12H2,1-6H3/t17-,20-/m1/s1. The van der Waals surface area contributed by atoms with Gasteiger partial charge in [-0.05, 0) is 49.5 Å². The predicted octanol–water partition coefficient (Wildman–Crippen LogP) is 5.95. The van der Waals surface area contributed by atoms with E-state index in [4.69, 9.17) is 0 Å². The lowest BCUT2D eigenvalue weighted by Crippen LogP contribution is -2.43. The van der Waals surface area contributed by atoms with Crippen molar-refractivity contribution in [1.82, 2.24) is 8.87 Å². The Kier molecular flexibility index (Phi) is 4.96. The van der Waals surface area contributed by atoms with Gasteiger partial charge in [0.05, 0.1) is 10.5 Å². The van der Waals surface area contributed by atoms with Gasteiger partial charge >= 0.3 is 0 Å². The zero-order valence-corrected chi connectivity index (χ0v) is 18.4. The van der Waals surface area contributed by atoms with Gasteiger partial charge in [0.15, 0.2) is 0 Å². The van der Waals surface area contributed by atoms with Crippen LogP contribution in [0.2, 0.25) is 0 Å². The molecule has 2 nitrogen and oxygen atoms in total. The summed E-state index contributed by atoms with van der Waals surface area (Å²) < 4.78 is 2.54. The van der Waals surface area contributed by atoms with Gasteiger partial charge in [-0.25, -0.2) is 0 Å². The summed E-state index contributed by atoms with van der Waals surface area (Å²) in [5.41, 5.74) is 6.04. The van der Waals surface area contributed by atoms with E-state index in [2.05, 4.69) is 74.8 Å². The molecule has 0 amide bonds. The largest absolute Gasteiger partial charge is 0.298 e. The Labute approximate surface area is 166 Å². The summed E-state index contributed by atoms with van der Waals surface area (Å²) in [4.78, 5) is 2.57. The van der Waals surface area contributed by atoms with Crippen LogP contribution in [-0.4, -0.2) is 39.0 Å². The molecule has 2 heterocycles. The summed E-state index contributed by atoms with van der Waals surface area (Å²) >= 11 is 4.01. The van der Waals surface area contributed by atoms with Crippen LogP contribution >= 0.6 is 23.7 Å². The van der Waals surface area contributed by atoms with Gasteiger partial charge in [0, 0.05) is 34.4 Å². The van der Waals surface area contributed by atoms with Crippen molar-refractivity contribution in [3.05, 3.63) is 41.0 Å². The normalized spacial score (nSPS) is 23.0. The van der Waals surface area contributed by atoms with Crippen molar-refractivity contribution < 1.29 is 0 Å². The zero-order chi connectivity index (χ0) is 18.6. The lowest BCUT2D eigenvalue weighted by atomic mass is 9.77. The SMILES string of the molecule is CC1=C[C@@H]2c3cccc4c3c(c(SC(C)C)n4SC(C)C)C[C@H]2N(C)C1. The van der Waals surface area contributed by atoms with Crippen molar-refractivity contribution in [2.75, 3.05) is 13.6 Å². The first kappa shape index (κ1) is 18.5. The number of nitrogens with zero attached hydrogens (tertiary/aromatic N) is 2. The average Bonchev–Trinajstić information content (AvgIpc) is 2.83. The van der Waals surface area contributed by atoms with Crippen molar-refractivity contribution in [1.29, 1.82) is 0 Å². The smallest absolute Gasteiger partial charge is 0.0901 e. The third-order valence-corrected chi connectivity index (χ3v) is 7.67. The van der Waals surface area contributed by atoms with E-state index in [1.165, 1.54) is 33.5 Å². The minimum absolute atomic E-state index is 0.529. The van der Waals surface area contributed by atoms with Gasteiger partial charge < -0.3 is 0 Å². The number of likely N-dealkylation sites (N-methyl/N-ethyl adjacent to an activating group) is 1. The number of fused-ring (bicyclic) bond motifs is 2. The maximum atomic E-state index is 2.57. The molecule has 1 aromatic carbocycles. The quantitative estimate of drug-likeness (QED) is 0.474. The second-order valence-corrected chi connectivity index (χ2v) is 11.4. The number of hydrogen-bond acceptors (Lipinski definition) is 3. The molecular weight excluding hydrogens is 356 g/mol. The van der Waals surface area contributed by atoms with Gasteiger partial charge in [0.1, 0.15) is 0 Å². The van der Waals surface area contributed by atoms with E-state index in [0.29, 0.717) is 22.5 Å². The molecule has 26 heavy (non-hydrogen) atoms. The Bertz CT molecular complexity index is 863. The highest BCUT2D eigenvalue weighted by molar-refractivity contribution is 8.02. The van der Waals surface area contributed by atoms with Gasteiger partial charge in [-0.2, -0.15) is 0 Å². The van der Waals surface area contributed by atoms with E-state index in [1.54, 1.807) is 5.56 Å². The molecule has 0 saturated carbocycles. The van der Waals surface area contributed by atoms with Crippen molar-refractivity contribution in [2.24, 2.45) is 0 Å². The molecule has 0 fully saturated rings. The summed E-state index contributed by atoms with van der Waals surface area (Å²) in [6, 6.07) is 7.55. The third-order valence-electron chi connectivity index (χ3n) is 5.42. The molecule has 0 bridgehead atoms. The highest BCUT2D eigenvalue weighted by atomic mass is 32.2. The van der Waals surface area contributed by atoms with Crippen LogP contribution in [-0.2, 0) is 6.42 Å². The lowest BCUT2D eigenvalue weighted by molar-refractivity contribution is 0.224. The molecule has 1 aromatic heterocycles. The molecule has 4 heteroatoms. The van der Waals surface area contributed by atoms with Gasteiger partial charge in [0.25, 0.3) is 0 Å². The fraction of sp³-hybridized carbons (Fsp3) is 0.545. The Morgan fingerprint density at radius 3 is 2.58 bits per heavy atom. The first-order chi connectivity index (χ1) is 12.4. The van der Waals surface area contributed by atoms with E-state index in [-0.39, 0.29) is 0 Å². The molecule has 2 aromatic rings. The molecule has 2 atom stereocenters. The van der Waals surface area contributed by atoms with Gasteiger partial charge in [-0.1, -0.05) is 51.5 Å². The van der Waals surface area contributed by atoms with Crippen molar-refractivity contribution >= 4 is 34.6 Å². The van der Waals surface area contributed by atoms with Crippen LogP contribution in [0, 0.1) is 0 Å². The monoisotopic (exact) mass is 386 g/mol. The maximum Gasteiger partial charge on any atom is 0.0901 e. The average molecular weight is 387 g/mol. The minimum Gasteiger partial charge on any atom is -0.298 e. The molecule has 0 spiro atoms. The molecule has 0 N–H and O–H groups in total. The molecule has 4 rings (SSSR count). The molecule has 0 saturated heterocycles. The fourth-order valence-corrected chi connectivity index (χ4v) is 6.68. The molecule has 0 unspecified atom stereocenters. The molecular formula is C22H30N2S2. The van der Waals surface area contributed by atoms with Crippen molar-refractivity contribution in [2.45, 2.75) is 68.5 Å². The maximum absolute atomic E-state index is 2.57. The molecule has 1 aliphatic carbocycles. The Balaban J connectivity index is 1.97. The first-order valence-corrected chi connectivity index (χ1v) is 11.5. The van der Waals surface area contributed by atoms with Crippen LogP contribution in [0.1, 0.15) is 51.7 Å². The molecule has 0 radical (unpaired) electrons. The Morgan fingerprint density at radius 2 is 1.88 bits per heavy atom. The fourth-order valence-electron chi connectivity index (χ4n) is 4.56. The number of hydrogen-bond donors (Lipinski definition) is 0. The first-order valence-electron chi connectivity index (χ1n) is 9.74. The highest BCUT2D eigenvalue weighted by Gasteiger charge is 2.37. The van der Waals surface area contributed by atoms with E-state index in [1.807, 2.05) is 23.7 Å². The number of benzene rings is 1. The lowest BCUT2D eigenvalue weighted by Gasteiger charge is -2.41. The number of aromatic nitrogens is 1. The third kappa shape index (κ3) is 3.04. The molecule has 1 aliphatic heterocycles. The topological polar surface area (TPSA) is 8.17 Å². The van der Waals surface area contributed by atoms with Crippen LogP contribution in [0.3, 0.4) is 0 Å². The van der Waals surface area contributed by atoms with Crippen molar-refractivity contribution in [3.8, 4) is 0 Å².